The van der Waals surface area contributed by atoms with E-state index >= 15 is 0 Å². The number of hydrogen-bond acceptors (Lipinski definition) is 3. The number of fused-ring (bicyclic) bond motifs is 1. The number of sulfone groups is 1. The minimum Gasteiger partial charge on any atom is -0.380 e. The van der Waals surface area contributed by atoms with Crippen molar-refractivity contribution in [3.63, 3.8) is 0 Å². The van der Waals surface area contributed by atoms with E-state index in [0.717, 1.165) is 11.5 Å². The predicted octanol–water partition coefficient (Wildman–Crippen LogP) is 1.60. The monoisotopic (exact) mass is 228 g/mol. The molecule has 0 amide bonds. The summed E-state index contributed by atoms with van der Waals surface area (Å²) in [6.07, 6.45) is 0. The van der Waals surface area contributed by atoms with Gasteiger partial charge in [0, 0.05) is 18.1 Å². The molecule has 0 unspecified atom stereocenters. The van der Waals surface area contributed by atoms with E-state index in [-0.39, 0.29) is 11.5 Å². The maximum absolute atomic E-state index is 13.3. The predicted molar refractivity (Wildman–Crippen MR) is 53.4 cm³/mol. The highest BCUT2D eigenvalue weighted by Crippen LogP contribution is 2.34. The highest BCUT2D eigenvalue weighted by atomic mass is 32.2. The van der Waals surface area contributed by atoms with E-state index in [1.165, 1.54) is 13.2 Å². The van der Waals surface area contributed by atoms with Gasteiger partial charge in [0.1, 0.15) is 10.7 Å². The zero-order valence-electron chi connectivity index (χ0n) is 8.03. The summed E-state index contributed by atoms with van der Waals surface area (Å²) in [7, 11) is -2.16. The van der Waals surface area contributed by atoms with Crippen LogP contribution in [-0.2, 0) is 14.6 Å². The van der Waals surface area contributed by atoms with E-state index in [9.17, 15) is 12.8 Å². The van der Waals surface area contributed by atoms with Gasteiger partial charge in [-0.15, -0.1) is 0 Å². The second-order valence-corrected chi connectivity index (χ2v) is 4.97. The van der Waals surface area contributed by atoms with Gasteiger partial charge in [-0.2, -0.15) is 0 Å². The van der Waals surface area contributed by atoms with Gasteiger partial charge in [0.2, 0.25) is 9.84 Å². The Morgan fingerprint density at radius 1 is 1.40 bits per heavy atom. The molecule has 0 saturated carbocycles. The molecular formula is C10H9FO3S. The van der Waals surface area contributed by atoms with Crippen LogP contribution >= 0.6 is 0 Å². The zero-order chi connectivity index (χ0) is 11.1. The van der Waals surface area contributed by atoms with Crippen molar-refractivity contribution in [3.8, 4) is 0 Å². The first-order valence-corrected chi connectivity index (χ1v) is 5.84. The van der Waals surface area contributed by atoms with Gasteiger partial charge >= 0.3 is 0 Å². The zero-order valence-corrected chi connectivity index (χ0v) is 8.84. The highest BCUT2D eigenvalue weighted by molar-refractivity contribution is 7.95. The minimum atomic E-state index is -3.62. The van der Waals surface area contributed by atoms with E-state index in [4.69, 9.17) is 4.74 Å². The van der Waals surface area contributed by atoms with Crippen molar-refractivity contribution < 1.29 is 17.5 Å². The lowest BCUT2D eigenvalue weighted by Gasteiger charge is -2.03. The maximum Gasteiger partial charge on any atom is 0.203 e. The summed E-state index contributed by atoms with van der Waals surface area (Å²) in [4.78, 5) is -0.239. The number of rotatable bonds is 2. The molecule has 5 heteroatoms. The van der Waals surface area contributed by atoms with E-state index in [0.29, 0.717) is 11.1 Å². The third-order valence-electron chi connectivity index (χ3n) is 2.19. The Bertz CT molecular complexity index is 532. The second-order valence-electron chi connectivity index (χ2n) is 3.24. The molecule has 1 aliphatic heterocycles. The number of methoxy groups -OCH3 is 1. The second kappa shape index (κ2) is 3.43. The Balaban J connectivity index is 2.68. The first-order valence-electron chi connectivity index (χ1n) is 4.30. The van der Waals surface area contributed by atoms with E-state index in [2.05, 4.69) is 0 Å². The summed E-state index contributed by atoms with van der Waals surface area (Å²) in [6.45, 7) is 0.162. The normalized spacial score (nSPS) is 17.3. The van der Waals surface area contributed by atoms with Crippen molar-refractivity contribution in [2.45, 2.75) is 4.90 Å². The van der Waals surface area contributed by atoms with Gasteiger partial charge in [0.25, 0.3) is 0 Å². The molecular weight excluding hydrogens is 219 g/mol. The summed E-state index contributed by atoms with van der Waals surface area (Å²) in [5.74, 6) is -0.713. The fourth-order valence-electron chi connectivity index (χ4n) is 1.63. The van der Waals surface area contributed by atoms with Gasteiger partial charge in [-0.1, -0.05) is 12.1 Å². The molecule has 0 N–H and O–H groups in total. The molecule has 3 nitrogen and oxygen atoms in total. The van der Waals surface area contributed by atoms with E-state index < -0.39 is 15.7 Å². The lowest BCUT2D eigenvalue weighted by molar-refractivity contribution is 0.239. The van der Waals surface area contributed by atoms with Crippen LogP contribution in [0.15, 0.2) is 28.5 Å². The molecule has 0 atom stereocenters. The molecule has 1 heterocycles. The van der Waals surface area contributed by atoms with Crippen molar-refractivity contribution in [3.05, 3.63) is 35.0 Å². The first-order chi connectivity index (χ1) is 7.06. The average Bonchev–Trinajstić information content (AvgIpc) is 2.40. The van der Waals surface area contributed by atoms with Crippen LogP contribution in [0.1, 0.15) is 5.56 Å². The average molecular weight is 228 g/mol. The molecule has 1 aliphatic rings. The number of benzene rings is 1. The SMILES string of the molecule is COCC1=CS(=O)(=O)c2c(F)cccc21. The minimum absolute atomic E-state index is 0.162. The molecule has 15 heavy (non-hydrogen) atoms. The lowest BCUT2D eigenvalue weighted by atomic mass is 10.1. The Hall–Kier alpha value is -1.20. The molecule has 2 rings (SSSR count). The summed E-state index contributed by atoms with van der Waals surface area (Å²) < 4.78 is 41.4. The van der Waals surface area contributed by atoms with Crippen molar-refractivity contribution in [1.29, 1.82) is 0 Å². The fraction of sp³-hybridized carbons (Fsp3) is 0.200. The third kappa shape index (κ3) is 1.57. The van der Waals surface area contributed by atoms with Crippen LogP contribution in [0, 0.1) is 5.82 Å². The van der Waals surface area contributed by atoms with Gasteiger partial charge in [0.05, 0.1) is 6.61 Å². The summed E-state index contributed by atoms with van der Waals surface area (Å²) in [5, 5.41) is 1.06. The molecule has 0 radical (unpaired) electrons. The topological polar surface area (TPSA) is 43.4 Å². The lowest BCUT2D eigenvalue weighted by Crippen LogP contribution is -1.97. The van der Waals surface area contributed by atoms with E-state index in [1.807, 2.05) is 0 Å². The Labute approximate surface area is 87.1 Å². The molecule has 0 fully saturated rings. The molecule has 0 aliphatic carbocycles. The standard InChI is InChI=1S/C10H9FO3S/c1-14-5-7-6-15(12,13)10-8(7)3-2-4-9(10)11/h2-4,6H,5H2,1H3. The summed E-state index contributed by atoms with van der Waals surface area (Å²) in [6, 6.07) is 4.20. The smallest absolute Gasteiger partial charge is 0.203 e. The van der Waals surface area contributed by atoms with Crippen LogP contribution in [0.5, 0.6) is 0 Å². The van der Waals surface area contributed by atoms with Crippen molar-refractivity contribution in [2.24, 2.45) is 0 Å². The quantitative estimate of drug-likeness (QED) is 0.772. The molecule has 80 valence electrons. The van der Waals surface area contributed by atoms with Gasteiger partial charge in [-0.05, 0) is 11.6 Å². The summed E-state index contributed by atoms with van der Waals surface area (Å²) in [5.41, 5.74) is 0.892. The van der Waals surface area contributed by atoms with Gasteiger partial charge < -0.3 is 4.74 Å². The van der Waals surface area contributed by atoms with Crippen LogP contribution in [0.4, 0.5) is 4.39 Å². The number of ether oxygens (including phenoxy) is 1. The van der Waals surface area contributed by atoms with Crippen LogP contribution in [0.25, 0.3) is 5.57 Å². The maximum atomic E-state index is 13.3. The van der Waals surface area contributed by atoms with E-state index in [1.54, 1.807) is 6.07 Å². The van der Waals surface area contributed by atoms with Crippen molar-refractivity contribution in [2.75, 3.05) is 13.7 Å². The van der Waals surface area contributed by atoms with Gasteiger partial charge in [-0.3, -0.25) is 0 Å². The van der Waals surface area contributed by atoms with Crippen molar-refractivity contribution in [1.82, 2.24) is 0 Å². The largest absolute Gasteiger partial charge is 0.380 e. The molecule has 1 aromatic rings. The molecule has 0 bridgehead atoms. The number of hydrogen-bond donors (Lipinski definition) is 0. The van der Waals surface area contributed by atoms with Crippen LogP contribution < -0.4 is 0 Å². The van der Waals surface area contributed by atoms with Crippen LogP contribution in [0.3, 0.4) is 0 Å². The summed E-state index contributed by atoms with van der Waals surface area (Å²) >= 11 is 0. The van der Waals surface area contributed by atoms with Crippen molar-refractivity contribution >= 4 is 15.4 Å². The van der Waals surface area contributed by atoms with Gasteiger partial charge in [-0.25, -0.2) is 12.8 Å². The molecule has 1 aromatic carbocycles. The number of halogens is 1. The molecule has 0 spiro atoms. The van der Waals surface area contributed by atoms with Gasteiger partial charge in [0.15, 0.2) is 0 Å². The Morgan fingerprint density at radius 2 is 2.13 bits per heavy atom. The highest BCUT2D eigenvalue weighted by Gasteiger charge is 2.29. The fourth-order valence-corrected chi connectivity index (χ4v) is 3.16. The van der Waals surface area contributed by atoms with Crippen LogP contribution in [0.2, 0.25) is 0 Å². The Morgan fingerprint density at radius 3 is 2.80 bits per heavy atom. The Kier molecular flexibility index (Phi) is 2.36. The van der Waals surface area contributed by atoms with Crippen LogP contribution in [-0.4, -0.2) is 22.1 Å². The first kappa shape index (κ1) is 10.3. The molecule has 0 aromatic heterocycles. The third-order valence-corrected chi connectivity index (χ3v) is 3.77. The molecule has 0 saturated heterocycles.